The van der Waals surface area contributed by atoms with Crippen LogP contribution in [0.1, 0.15) is 27.9 Å². The van der Waals surface area contributed by atoms with Gasteiger partial charge in [0, 0.05) is 17.0 Å². The van der Waals surface area contributed by atoms with Crippen LogP contribution < -0.4 is 4.74 Å². The summed E-state index contributed by atoms with van der Waals surface area (Å²) >= 11 is 5.89. The quantitative estimate of drug-likeness (QED) is 0.812. The second-order valence-electron chi connectivity index (χ2n) is 5.15. The van der Waals surface area contributed by atoms with E-state index in [1.54, 1.807) is 7.11 Å². The molecule has 0 aliphatic heterocycles. The average molecular weight is 299 g/mol. The Hall–Kier alpha value is -2.06. The van der Waals surface area contributed by atoms with Crippen molar-refractivity contribution in [1.29, 1.82) is 0 Å². The van der Waals surface area contributed by atoms with Crippen molar-refractivity contribution < 1.29 is 9.53 Å². The average Bonchev–Trinajstić information content (AvgIpc) is 2.49. The smallest absolute Gasteiger partial charge is 0.167 e. The molecule has 0 amide bonds. The van der Waals surface area contributed by atoms with Gasteiger partial charge in [0.1, 0.15) is 5.75 Å². The lowest BCUT2D eigenvalue weighted by molar-refractivity contribution is 0.0987. The summed E-state index contributed by atoms with van der Waals surface area (Å²) in [4.78, 5) is 12.3. The molecule has 2 aromatic carbocycles. The van der Waals surface area contributed by atoms with E-state index >= 15 is 0 Å². The number of allylic oxidation sites excluding steroid dienone is 1. The Morgan fingerprint density at radius 2 is 1.86 bits per heavy atom. The topological polar surface area (TPSA) is 26.3 Å². The maximum atomic E-state index is 12.3. The standard InChI is InChI=1S/C18H15ClO2/c1-21-16-7-4-14-9-13(10-18(20)17(14)11-16)8-12-2-5-15(19)6-3-12/h2-8,11H,9-10H2,1H3/b13-8-. The summed E-state index contributed by atoms with van der Waals surface area (Å²) in [6.07, 6.45) is 3.33. The van der Waals surface area contributed by atoms with Crippen LogP contribution in [-0.4, -0.2) is 12.9 Å². The first-order valence-corrected chi connectivity index (χ1v) is 7.18. The molecule has 1 aliphatic rings. The minimum absolute atomic E-state index is 0.148. The van der Waals surface area contributed by atoms with E-state index in [1.807, 2.05) is 42.5 Å². The molecule has 0 saturated carbocycles. The van der Waals surface area contributed by atoms with Crippen LogP contribution in [-0.2, 0) is 6.42 Å². The number of methoxy groups -OCH3 is 1. The summed E-state index contributed by atoms with van der Waals surface area (Å²) in [6.45, 7) is 0. The molecular formula is C18H15ClO2. The first-order valence-electron chi connectivity index (χ1n) is 6.81. The Labute approximate surface area is 129 Å². The predicted octanol–water partition coefficient (Wildman–Crippen LogP) is 4.56. The molecule has 0 saturated heterocycles. The zero-order valence-electron chi connectivity index (χ0n) is 11.7. The first kappa shape index (κ1) is 13.9. The summed E-state index contributed by atoms with van der Waals surface area (Å²) in [5.74, 6) is 0.877. The van der Waals surface area contributed by atoms with Gasteiger partial charge < -0.3 is 4.74 Å². The van der Waals surface area contributed by atoms with Crippen LogP contribution >= 0.6 is 11.6 Å². The number of hydrogen-bond acceptors (Lipinski definition) is 2. The van der Waals surface area contributed by atoms with Gasteiger partial charge in [-0.25, -0.2) is 0 Å². The fourth-order valence-electron chi connectivity index (χ4n) is 2.60. The normalized spacial score (nSPS) is 15.9. The SMILES string of the molecule is COc1ccc2c(c1)C(=O)C/C(=C\c1ccc(Cl)cc1)C2. The number of ether oxygens (including phenoxy) is 1. The Morgan fingerprint density at radius 3 is 2.57 bits per heavy atom. The number of carbonyl (C=O) groups is 1. The number of ketones is 1. The fourth-order valence-corrected chi connectivity index (χ4v) is 2.73. The van der Waals surface area contributed by atoms with E-state index in [2.05, 4.69) is 6.08 Å². The van der Waals surface area contributed by atoms with Crippen molar-refractivity contribution in [2.24, 2.45) is 0 Å². The number of fused-ring (bicyclic) bond motifs is 1. The van der Waals surface area contributed by atoms with Crippen molar-refractivity contribution in [3.05, 3.63) is 69.8 Å². The van der Waals surface area contributed by atoms with Crippen molar-refractivity contribution in [3.8, 4) is 5.75 Å². The Morgan fingerprint density at radius 1 is 1.10 bits per heavy atom. The van der Waals surface area contributed by atoms with Crippen molar-refractivity contribution in [2.45, 2.75) is 12.8 Å². The maximum Gasteiger partial charge on any atom is 0.167 e. The molecule has 2 nitrogen and oxygen atoms in total. The summed E-state index contributed by atoms with van der Waals surface area (Å²) in [6, 6.07) is 13.3. The van der Waals surface area contributed by atoms with Gasteiger partial charge in [0.2, 0.25) is 0 Å². The molecule has 0 aromatic heterocycles. The van der Waals surface area contributed by atoms with Crippen molar-refractivity contribution in [2.75, 3.05) is 7.11 Å². The van der Waals surface area contributed by atoms with E-state index in [4.69, 9.17) is 16.3 Å². The largest absolute Gasteiger partial charge is 0.497 e. The van der Waals surface area contributed by atoms with Gasteiger partial charge in [0.25, 0.3) is 0 Å². The summed E-state index contributed by atoms with van der Waals surface area (Å²) < 4.78 is 5.18. The van der Waals surface area contributed by atoms with Gasteiger partial charge in [-0.05, 0) is 41.8 Å². The summed E-state index contributed by atoms with van der Waals surface area (Å²) in [5.41, 5.74) is 4.04. The van der Waals surface area contributed by atoms with Gasteiger partial charge >= 0.3 is 0 Å². The van der Waals surface area contributed by atoms with E-state index in [0.717, 1.165) is 34.4 Å². The molecule has 2 aromatic rings. The number of benzene rings is 2. The van der Waals surface area contributed by atoms with E-state index in [1.165, 1.54) is 0 Å². The molecule has 3 rings (SSSR count). The molecule has 0 fully saturated rings. The number of Topliss-reactive ketones (excluding diaryl/α,β-unsaturated/α-hetero) is 1. The predicted molar refractivity (Wildman–Crippen MR) is 85.1 cm³/mol. The number of rotatable bonds is 2. The molecule has 3 heteroatoms. The van der Waals surface area contributed by atoms with E-state index in [9.17, 15) is 4.79 Å². The molecule has 1 aliphatic carbocycles. The minimum Gasteiger partial charge on any atom is -0.497 e. The van der Waals surface area contributed by atoms with E-state index in [0.29, 0.717) is 11.4 Å². The summed E-state index contributed by atoms with van der Waals surface area (Å²) in [5, 5.41) is 0.717. The zero-order chi connectivity index (χ0) is 14.8. The van der Waals surface area contributed by atoms with Crippen molar-refractivity contribution >= 4 is 23.5 Å². The van der Waals surface area contributed by atoms with Crippen LogP contribution in [0.25, 0.3) is 6.08 Å². The zero-order valence-corrected chi connectivity index (χ0v) is 12.5. The molecule has 0 bridgehead atoms. The monoisotopic (exact) mass is 298 g/mol. The van der Waals surface area contributed by atoms with Gasteiger partial charge in [-0.3, -0.25) is 4.79 Å². The molecule has 0 unspecified atom stereocenters. The molecule has 0 heterocycles. The van der Waals surface area contributed by atoms with Crippen LogP contribution in [0.3, 0.4) is 0 Å². The molecule has 0 radical (unpaired) electrons. The third kappa shape index (κ3) is 3.01. The minimum atomic E-state index is 0.148. The van der Waals surface area contributed by atoms with Crippen LogP contribution in [0.5, 0.6) is 5.75 Å². The number of carbonyl (C=O) groups excluding carboxylic acids is 1. The highest BCUT2D eigenvalue weighted by Crippen LogP contribution is 2.29. The van der Waals surface area contributed by atoms with Gasteiger partial charge in [-0.1, -0.05) is 41.4 Å². The van der Waals surface area contributed by atoms with Crippen molar-refractivity contribution in [1.82, 2.24) is 0 Å². The molecule has 0 N–H and O–H groups in total. The van der Waals surface area contributed by atoms with Crippen LogP contribution in [0.4, 0.5) is 0 Å². The molecule has 0 atom stereocenters. The van der Waals surface area contributed by atoms with Crippen LogP contribution in [0, 0.1) is 0 Å². The van der Waals surface area contributed by atoms with Crippen molar-refractivity contribution in [3.63, 3.8) is 0 Å². The van der Waals surface area contributed by atoms with Gasteiger partial charge in [0.05, 0.1) is 7.11 Å². The Balaban J connectivity index is 1.91. The molecule has 21 heavy (non-hydrogen) atoms. The number of hydrogen-bond donors (Lipinski definition) is 0. The Kier molecular flexibility index (Phi) is 3.80. The lowest BCUT2D eigenvalue weighted by atomic mass is 9.86. The summed E-state index contributed by atoms with van der Waals surface area (Å²) in [7, 11) is 1.61. The third-order valence-electron chi connectivity index (χ3n) is 3.66. The van der Waals surface area contributed by atoms with Gasteiger partial charge in [-0.2, -0.15) is 0 Å². The third-order valence-corrected chi connectivity index (χ3v) is 3.92. The van der Waals surface area contributed by atoms with Gasteiger partial charge in [-0.15, -0.1) is 0 Å². The lowest BCUT2D eigenvalue weighted by Crippen LogP contribution is -2.13. The van der Waals surface area contributed by atoms with Crippen LogP contribution in [0.2, 0.25) is 5.02 Å². The molecule has 106 valence electrons. The second-order valence-corrected chi connectivity index (χ2v) is 5.59. The second kappa shape index (κ2) is 5.74. The van der Waals surface area contributed by atoms with E-state index < -0.39 is 0 Å². The van der Waals surface area contributed by atoms with Gasteiger partial charge in [0.15, 0.2) is 5.78 Å². The maximum absolute atomic E-state index is 12.3. The Bertz CT molecular complexity index is 714. The molecular weight excluding hydrogens is 284 g/mol. The van der Waals surface area contributed by atoms with E-state index in [-0.39, 0.29) is 5.78 Å². The molecule has 0 spiro atoms. The highest BCUT2D eigenvalue weighted by molar-refractivity contribution is 6.30. The first-order chi connectivity index (χ1) is 10.2. The highest BCUT2D eigenvalue weighted by atomic mass is 35.5. The fraction of sp³-hybridized carbons (Fsp3) is 0.167. The van der Waals surface area contributed by atoms with Crippen LogP contribution in [0.15, 0.2) is 48.0 Å². The lowest BCUT2D eigenvalue weighted by Gasteiger charge is -2.18. The number of halogens is 1. The highest BCUT2D eigenvalue weighted by Gasteiger charge is 2.21.